The predicted molar refractivity (Wildman–Crippen MR) is 72.9 cm³/mol. The molecule has 1 saturated heterocycles. The van der Waals surface area contributed by atoms with Crippen LogP contribution in [0.5, 0.6) is 0 Å². The quantitative estimate of drug-likeness (QED) is 0.847. The lowest BCUT2D eigenvalue weighted by Gasteiger charge is -2.29. The fraction of sp³-hybridized carbons (Fsp3) is 0.333. The number of piperidine rings is 1. The lowest BCUT2D eigenvalue weighted by Crippen LogP contribution is -2.42. The molecular formula is C15H16N2O2. The zero-order valence-corrected chi connectivity index (χ0v) is 10.6. The van der Waals surface area contributed by atoms with Gasteiger partial charge in [0.15, 0.2) is 0 Å². The Hall–Kier alpha value is -1.94. The van der Waals surface area contributed by atoms with E-state index in [9.17, 15) is 9.90 Å². The standard InChI is InChI=1S/C15H16N2O2/c18-12-5-3-9-17(10-12)15(19)14-8-7-11-4-1-2-6-13(11)16-14/h1-2,4,6-8,12,18H,3,5,9-10H2. The molecule has 4 heteroatoms. The average Bonchev–Trinajstić information content (AvgIpc) is 2.46. The summed E-state index contributed by atoms with van der Waals surface area (Å²) in [6.45, 7) is 1.11. The fourth-order valence-electron chi connectivity index (χ4n) is 2.49. The van der Waals surface area contributed by atoms with E-state index >= 15 is 0 Å². The molecule has 1 atom stereocenters. The van der Waals surface area contributed by atoms with Gasteiger partial charge in [-0.25, -0.2) is 4.98 Å². The number of para-hydroxylation sites is 1. The Balaban J connectivity index is 1.88. The number of nitrogens with zero attached hydrogens (tertiary/aromatic N) is 2. The molecule has 1 aromatic heterocycles. The Labute approximate surface area is 111 Å². The molecule has 0 saturated carbocycles. The number of hydrogen-bond acceptors (Lipinski definition) is 3. The van der Waals surface area contributed by atoms with Crippen LogP contribution in [0, 0.1) is 0 Å². The van der Waals surface area contributed by atoms with Gasteiger partial charge in [-0.15, -0.1) is 0 Å². The van der Waals surface area contributed by atoms with E-state index in [0.717, 1.165) is 23.7 Å². The number of amides is 1. The van der Waals surface area contributed by atoms with E-state index in [1.165, 1.54) is 0 Å². The number of likely N-dealkylation sites (tertiary alicyclic amines) is 1. The minimum Gasteiger partial charge on any atom is -0.391 e. The van der Waals surface area contributed by atoms with Crippen LogP contribution >= 0.6 is 0 Å². The van der Waals surface area contributed by atoms with Crippen LogP contribution in [0.2, 0.25) is 0 Å². The number of pyridine rings is 1. The Morgan fingerprint density at radius 3 is 2.95 bits per heavy atom. The van der Waals surface area contributed by atoms with E-state index in [4.69, 9.17) is 0 Å². The summed E-state index contributed by atoms with van der Waals surface area (Å²) < 4.78 is 0. The Kier molecular flexibility index (Phi) is 3.17. The molecular weight excluding hydrogens is 240 g/mol. The topological polar surface area (TPSA) is 53.4 Å². The SMILES string of the molecule is O=C(c1ccc2ccccc2n1)N1CCCC(O)C1. The van der Waals surface area contributed by atoms with Crippen molar-refractivity contribution in [2.75, 3.05) is 13.1 Å². The Morgan fingerprint density at radius 1 is 1.26 bits per heavy atom. The van der Waals surface area contributed by atoms with Crippen molar-refractivity contribution < 1.29 is 9.90 Å². The number of aromatic nitrogens is 1. The van der Waals surface area contributed by atoms with Crippen LogP contribution in [-0.4, -0.2) is 40.1 Å². The third-order valence-corrected chi connectivity index (χ3v) is 3.50. The smallest absolute Gasteiger partial charge is 0.272 e. The first kappa shape index (κ1) is 12.1. The van der Waals surface area contributed by atoms with E-state index in [0.29, 0.717) is 18.8 Å². The minimum absolute atomic E-state index is 0.0931. The molecule has 2 aromatic rings. The number of fused-ring (bicyclic) bond motifs is 1. The third-order valence-electron chi connectivity index (χ3n) is 3.50. The van der Waals surface area contributed by atoms with E-state index in [2.05, 4.69) is 4.98 Å². The minimum atomic E-state index is -0.404. The van der Waals surface area contributed by atoms with Crippen molar-refractivity contribution in [1.29, 1.82) is 0 Å². The van der Waals surface area contributed by atoms with Crippen molar-refractivity contribution >= 4 is 16.8 Å². The first-order valence-electron chi connectivity index (χ1n) is 6.57. The molecule has 19 heavy (non-hydrogen) atoms. The molecule has 1 unspecified atom stereocenters. The fourth-order valence-corrected chi connectivity index (χ4v) is 2.49. The maximum atomic E-state index is 12.3. The van der Waals surface area contributed by atoms with E-state index in [-0.39, 0.29) is 5.91 Å². The molecule has 0 aliphatic carbocycles. The van der Waals surface area contributed by atoms with Gasteiger partial charge in [0.05, 0.1) is 11.6 Å². The number of carbonyl (C=O) groups excluding carboxylic acids is 1. The van der Waals surface area contributed by atoms with Gasteiger partial charge in [0, 0.05) is 18.5 Å². The summed E-state index contributed by atoms with van der Waals surface area (Å²) in [5.41, 5.74) is 1.28. The van der Waals surface area contributed by atoms with Gasteiger partial charge in [0.25, 0.3) is 5.91 Å². The normalized spacial score (nSPS) is 19.6. The van der Waals surface area contributed by atoms with Crippen molar-refractivity contribution in [3.05, 3.63) is 42.1 Å². The number of β-amino-alcohol motifs (C(OH)–C–C–N with tert-alkyl or cyclic N) is 1. The van der Waals surface area contributed by atoms with Crippen molar-refractivity contribution in [2.24, 2.45) is 0 Å². The molecule has 0 bridgehead atoms. The molecule has 98 valence electrons. The molecule has 1 amide bonds. The van der Waals surface area contributed by atoms with Gasteiger partial charge in [-0.1, -0.05) is 24.3 Å². The molecule has 2 heterocycles. The molecule has 4 nitrogen and oxygen atoms in total. The summed E-state index contributed by atoms with van der Waals surface area (Å²) >= 11 is 0. The second kappa shape index (κ2) is 4.97. The predicted octanol–water partition coefficient (Wildman–Crippen LogP) is 1.83. The van der Waals surface area contributed by atoms with Gasteiger partial charge in [-0.2, -0.15) is 0 Å². The first-order chi connectivity index (χ1) is 9.24. The third kappa shape index (κ3) is 2.44. The van der Waals surface area contributed by atoms with Crippen LogP contribution in [0.15, 0.2) is 36.4 Å². The number of carbonyl (C=O) groups is 1. The van der Waals surface area contributed by atoms with Crippen LogP contribution in [0.4, 0.5) is 0 Å². The monoisotopic (exact) mass is 256 g/mol. The molecule has 3 rings (SSSR count). The largest absolute Gasteiger partial charge is 0.391 e. The molecule has 1 aliphatic heterocycles. The van der Waals surface area contributed by atoms with Crippen LogP contribution < -0.4 is 0 Å². The van der Waals surface area contributed by atoms with Crippen molar-refractivity contribution in [3.8, 4) is 0 Å². The van der Waals surface area contributed by atoms with Gasteiger partial charge in [0.1, 0.15) is 5.69 Å². The number of aliphatic hydroxyl groups excluding tert-OH is 1. The van der Waals surface area contributed by atoms with Gasteiger partial charge in [-0.3, -0.25) is 4.79 Å². The maximum absolute atomic E-state index is 12.3. The molecule has 1 N–H and O–H groups in total. The van der Waals surface area contributed by atoms with Crippen molar-refractivity contribution in [3.63, 3.8) is 0 Å². The maximum Gasteiger partial charge on any atom is 0.272 e. The lowest BCUT2D eigenvalue weighted by atomic mass is 10.1. The van der Waals surface area contributed by atoms with Gasteiger partial charge in [0.2, 0.25) is 0 Å². The number of benzene rings is 1. The summed E-state index contributed by atoms with van der Waals surface area (Å²) in [5.74, 6) is -0.0931. The molecule has 0 radical (unpaired) electrons. The second-order valence-corrected chi connectivity index (χ2v) is 4.94. The highest BCUT2D eigenvalue weighted by Gasteiger charge is 2.23. The lowest BCUT2D eigenvalue weighted by molar-refractivity contribution is 0.0469. The summed E-state index contributed by atoms with van der Waals surface area (Å²) in [6, 6.07) is 11.4. The zero-order valence-electron chi connectivity index (χ0n) is 10.6. The summed E-state index contributed by atoms with van der Waals surface area (Å²) in [4.78, 5) is 18.4. The Morgan fingerprint density at radius 2 is 2.11 bits per heavy atom. The number of rotatable bonds is 1. The highest BCUT2D eigenvalue weighted by molar-refractivity contribution is 5.95. The summed E-state index contributed by atoms with van der Waals surface area (Å²) in [6.07, 6.45) is 1.22. The van der Waals surface area contributed by atoms with E-state index < -0.39 is 6.10 Å². The van der Waals surface area contributed by atoms with Crippen LogP contribution in [-0.2, 0) is 0 Å². The van der Waals surface area contributed by atoms with Crippen LogP contribution in [0.25, 0.3) is 10.9 Å². The van der Waals surface area contributed by atoms with Gasteiger partial charge in [-0.05, 0) is 25.0 Å². The van der Waals surface area contributed by atoms with Crippen LogP contribution in [0.1, 0.15) is 23.3 Å². The van der Waals surface area contributed by atoms with Crippen LogP contribution in [0.3, 0.4) is 0 Å². The Bertz CT molecular complexity index is 612. The van der Waals surface area contributed by atoms with E-state index in [1.54, 1.807) is 11.0 Å². The highest BCUT2D eigenvalue weighted by Crippen LogP contribution is 2.16. The summed E-state index contributed by atoms with van der Waals surface area (Å²) in [5, 5.41) is 10.7. The number of hydrogen-bond donors (Lipinski definition) is 1. The first-order valence-corrected chi connectivity index (χ1v) is 6.57. The summed E-state index contributed by atoms with van der Waals surface area (Å²) in [7, 11) is 0. The highest BCUT2D eigenvalue weighted by atomic mass is 16.3. The average molecular weight is 256 g/mol. The van der Waals surface area contributed by atoms with Crippen molar-refractivity contribution in [2.45, 2.75) is 18.9 Å². The van der Waals surface area contributed by atoms with Crippen molar-refractivity contribution in [1.82, 2.24) is 9.88 Å². The number of aliphatic hydroxyl groups is 1. The molecule has 1 aliphatic rings. The van der Waals surface area contributed by atoms with Gasteiger partial charge < -0.3 is 10.0 Å². The molecule has 1 fully saturated rings. The van der Waals surface area contributed by atoms with Gasteiger partial charge >= 0.3 is 0 Å². The van der Waals surface area contributed by atoms with E-state index in [1.807, 2.05) is 30.3 Å². The molecule has 0 spiro atoms. The zero-order chi connectivity index (χ0) is 13.2. The molecule has 1 aromatic carbocycles. The second-order valence-electron chi connectivity index (χ2n) is 4.94.